The molecular formula is C11H10F3NO2. The van der Waals surface area contributed by atoms with Crippen LogP contribution in [0.5, 0.6) is 0 Å². The number of hydrogen-bond acceptors (Lipinski definition) is 2. The molecular weight excluding hydrogens is 235 g/mol. The number of allylic oxidation sites excluding steroid dienone is 1. The third kappa shape index (κ3) is 3.90. The number of hydrogen-bond donors (Lipinski definition) is 0. The minimum absolute atomic E-state index is 1.07. The van der Waals surface area contributed by atoms with Crippen LogP contribution in [-0.4, -0.2) is 12.1 Å². The van der Waals surface area contributed by atoms with Crippen LogP contribution in [0, 0.1) is 0 Å². The number of pyridine rings is 1. The van der Waals surface area contributed by atoms with Crippen LogP contribution in [0.2, 0.25) is 0 Å². The molecule has 1 aliphatic rings. The molecule has 0 aromatic carbocycles. The van der Waals surface area contributed by atoms with E-state index in [1.54, 1.807) is 0 Å². The Hall–Kier alpha value is -1.85. The first-order valence-corrected chi connectivity index (χ1v) is 4.74. The summed E-state index contributed by atoms with van der Waals surface area (Å²) in [5, 5.41) is 8.78. The van der Waals surface area contributed by atoms with Gasteiger partial charge in [-0.3, -0.25) is 0 Å². The average molecular weight is 245 g/mol. The molecule has 0 aliphatic carbocycles. The van der Waals surface area contributed by atoms with Gasteiger partial charge in [0.15, 0.2) is 12.7 Å². The number of halogens is 3. The van der Waals surface area contributed by atoms with E-state index in [1.165, 1.54) is 11.3 Å². The van der Waals surface area contributed by atoms with E-state index in [9.17, 15) is 13.2 Å². The van der Waals surface area contributed by atoms with Crippen molar-refractivity contribution >= 4 is 12.0 Å². The summed E-state index contributed by atoms with van der Waals surface area (Å²) in [6.45, 7) is 3.23. The van der Waals surface area contributed by atoms with Crippen molar-refractivity contribution in [1.82, 2.24) is 0 Å². The lowest BCUT2D eigenvalue weighted by molar-refractivity contribution is -0.686. The summed E-state index contributed by atoms with van der Waals surface area (Å²) in [4.78, 5) is 8.78. The number of fused-ring (bicyclic) bond motifs is 1. The Morgan fingerprint density at radius 3 is 2.47 bits per heavy atom. The normalized spacial score (nSPS) is 13.3. The van der Waals surface area contributed by atoms with Gasteiger partial charge in [-0.25, -0.2) is 0 Å². The first-order valence-electron chi connectivity index (χ1n) is 4.74. The number of alkyl halides is 3. The Bertz CT molecular complexity index is 452. The van der Waals surface area contributed by atoms with Crippen molar-refractivity contribution in [2.45, 2.75) is 19.6 Å². The van der Waals surface area contributed by atoms with Crippen LogP contribution < -0.4 is 9.67 Å². The lowest BCUT2D eigenvalue weighted by atomic mass is 10.3. The largest absolute Gasteiger partial charge is 0.542 e. The fraction of sp³-hybridized carbons (Fsp3) is 0.273. The summed E-state index contributed by atoms with van der Waals surface area (Å²) < 4.78 is 33.8. The van der Waals surface area contributed by atoms with E-state index in [2.05, 4.69) is 42.0 Å². The van der Waals surface area contributed by atoms with Crippen molar-refractivity contribution in [2.24, 2.45) is 0 Å². The number of nitrogens with zero attached hydrogens (tertiary/aromatic N) is 1. The number of aromatic nitrogens is 1. The summed E-state index contributed by atoms with van der Waals surface area (Å²) in [6, 6.07) is 6.27. The van der Waals surface area contributed by atoms with E-state index in [0.717, 1.165) is 6.54 Å². The van der Waals surface area contributed by atoms with Crippen LogP contribution in [-0.2, 0) is 11.3 Å². The third-order valence-electron chi connectivity index (χ3n) is 2.02. The summed E-state index contributed by atoms with van der Waals surface area (Å²) in [5.41, 5.74) is 2.76. The Balaban J connectivity index is 0.000000185. The molecule has 0 radical (unpaired) electrons. The second-order valence-electron chi connectivity index (χ2n) is 3.53. The van der Waals surface area contributed by atoms with Crippen LogP contribution in [0.1, 0.15) is 12.6 Å². The molecule has 17 heavy (non-hydrogen) atoms. The number of carboxylic acids is 1. The van der Waals surface area contributed by atoms with E-state index in [0.29, 0.717) is 0 Å². The second kappa shape index (κ2) is 4.99. The van der Waals surface area contributed by atoms with Crippen molar-refractivity contribution in [3.8, 4) is 0 Å². The predicted octanol–water partition coefficient (Wildman–Crippen LogP) is 0.690. The molecule has 3 nitrogen and oxygen atoms in total. The highest BCUT2D eigenvalue weighted by Crippen LogP contribution is 2.11. The van der Waals surface area contributed by atoms with Gasteiger partial charge in [0.1, 0.15) is 5.97 Å². The Labute approximate surface area is 95.8 Å². The first-order chi connectivity index (χ1) is 7.80. The fourth-order valence-electron chi connectivity index (χ4n) is 1.33. The number of carbonyl (C=O) groups is 1. The predicted molar refractivity (Wildman–Crippen MR) is 51.4 cm³/mol. The summed E-state index contributed by atoms with van der Waals surface area (Å²) in [5.74, 6) is -3.01. The van der Waals surface area contributed by atoms with Crippen LogP contribution in [0.4, 0.5) is 13.2 Å². The molecule has 0 saturated carbocycles. The van der Waals surface area contributed by atoms with E-state index in [-0.39, 0.29) is 0 Å². The standard InChI is InChI=1S/C9H10N.C2HF3O2/c1-8-6-9-4-2-3-5-10(9)7-8;3-2(4,5)1(6)7/h2-6H,7H2,1H3;(H,6,7)/q+1;/p-1. The van der Waals surface area contributed by atoms with E-state index >= 15 is 0 Å². The van der Waals surface area contributed by atoms with Gasteiger partial charge >= 0.3 is 6.18 Å². The zero-order chi connectivity index (χ0) is 13.1. The SMILES string of the molecule is CC1=Cc2cccc[n+]2C1.O=C([O-])C(F)(F)F. The molecule has 92 valence electrons. The van der Waals surface area contributed by atoms with Gasteiger partial charge in [-0.2, -0.15) is 17.7 Å². The summed E-state index contributed by atoms with van der Waals surface area (Å²) in [7, 11) is 0. The molecule has 0 bridgehead atoms. The van der Waals surface area contributed by atoms with Crippen LogP contribution in [0.15, 0.2) is 30.0 Å². The van der Waals surface area contributed by atoms with E-state index in [1.807, 2.05) is 0 Å². The van der Waals surface area contributed by atoms with Gasteiger partial charge in [0.05, 0.1) is 0 Å². The highest BCUT2D eigenvalue weighted by atomic mass is 19.4. The molecule has 1 aromatic heterocycles. The third-order valence-corrected chi connectivity index (χ3v) is 2.02. The van der Waals surface area contributed by atoms with Gasteiger partial charge in [-0.1, -0.05) is 0 Å². The van der Waals surface area contributed by atoms with E-state index < -0.39 is 12.1 Å². The minimum Gasteiger partial charge on any atom is -0.542 e. The fourth-order valence-corrected chi connectivity index (χ4v) is 1.33. The van der Waals surface area contributed by atoms with Crippen molar-refractivity contribution in [3.05, 3.63) is 35.7 Å². The number of aliphatic carboxylic acids is 1. The molecule has 0 amide bonds. The van der Waals surface area contributed by atoms with Gasteiger partial charge < -0.3 is 9.90 Å². The van der Waals surface area contributed by atoms with Crippen LogP contribution in [0.3, 0.4) is 0 Å². The monoisotopic (exact) mass is 245 g/mol. The Morgan fingerprint density at radius 2 is 2.00 bits per heavy atom. The molecule has 6 heteroatoms. The zero-order valence-corrected chi connectivity index (χ0v) is 8.99. The molecule has 0 atom stereocenters. The van der Waals surface area contributed by atoms with Gasteiger partial charge in [0, 0.05) is 18.2 Å². The summed E-state index contributed by atoms with van der Waals surface area (Å²) in [6.07, 6.45) is -0.859. The average Bonchev–Trinajstić information content (AvgIpc) is 2.57. The number of carbonyl (C=O) groups excluding carboxylic acids is 1. The quantitative estimate of drug-likeness (QED) is 0.631. The highest BCUT2D eigenvalue weighted by molar-refractivity contribution is 5.70. The zero-order valence-electron chi connectivity index (χ0n) is 8.99. The van der Waals surface area contributed by atoms with Gasteiger partial charge in [0.2, 0.25) is 5.69 Å². The molecule has 0 saturated heterocycles. The molecule has 2 heterocycles. The van der Waals surface area contributed by atoms with Crippen LogP contribution >= 0.6 is 0 Å². The lowest BCUT2D eigenvalue weighted by Crippen LogP contribution is -2.37. The smallest absolute Gasteiger partial charge is 0.430 e. The summed E-state index contributed by atoms with van der Waals surface area (Å²) >= 11 is 0. The molecule has 1 aliphatic heterocycles. The maximum absolute atomic E-state index is 10.5. The van der Waals surface area contributed by atoms with Crippen LogP contribution in [0.25, 0.3) is 6.08 Å². The molecule has 1 aromatic rings. The second-order valence-corrected chi connectivity index (χ2v) is 3.53. The van der Waals surface area contributed by atoms with Gasteiger partial charge in [0.25, 0.3) is 0 Å². The molecule has 0 spiro atoms. The lowest BCUT2D eigenvalue weighted by Gasteiger charge is -2.03. The molecule has 2 rings (SSSR count). The topological polar surface area (TPSA) is 44.0 Å². The van der Waals surface area contributed by atoms with E-state index in [4.69, 9.17) is 9.90 Å². The van der Waals surface area contributed by atoms with Crippen molar-refractivity contribution in [2.75, 3.05) is 0 Å². The molecule has 0 N–H and O–H groups in total. The Kier molecular flexibility index (Phi) is 3.88. The Morgan fingerprint density at radius 1 is 1.41 bits per heavy atom. The number of carboxylic acid groups (broad SMARTS) is 1. The van der Waals surface area contributed by atoms with Gasteiger partial charge in [-0.05, 0) is 18.6 Å². The van der Waals surface area contributed by atoms with Crippen molar-refractivity contribution in [3.63, 3.8) is 0 Å². The maximum atomic E-state index is 10.5. The highest BCUT2D eigenvalue weighted by Gasteiger charge is 2.28. The molecule has 0 unspecified atom stereocenters. The maximum Gasteiger partial charge on any atom is 0.430 e. The van der Waals surface area contributed by atoms with Gasteiger partial charge in [-0.15, -0.1) is 0 Å². The first kappa shape index (κ1) is 13.2. The van der Waals surface area contributed by atoms with Crippen molar-refractivity contribution in [1.29, 1.82) is 0 Å². The molecule has 0 fully saturated rings. The minimum atomic E-state index is -5.19. The van der Waals surface area contributed by atoms with Crippen molar-refractivity contribution < 1.29 is 27.6 Å². The number of rotatable bonds is 0.